The number of rotatable bonds is 7. The van der Waals surface area contributed by atoms with Crippen LogP contribution < -0.4 is 15.5 Å². The maximum Gasteiger partial charge on any atom is 0.410 e. The summed E-state index contributed by atoms with van der Waals surface area (Å²) in [6, 6.07) is 16.6. The number of amides is 3. The third kappa shape index (κ3) is 8.09. The van der Waals surface area contributed by atoms with E-state index in [0.717, 1.165) is 35.0 Å². The van der Waals surface area contributed by atoms with Gasteiger partial charge in [-0.3, -0.25) is 24.7 Å². The third-order valence-electron chi connectivity index (χ3n) is 8.48. The summed E-state index contributed by atoms with van der Waals surface area (Å²) < 4.78 is 11.6. The van der Waals surface area contributed by atoms with Gasteiger partial charge in [-0.2, -0.15) is 0 Å². The van der Waals surface area contributed by atoms with Crippen LogP contribution in [0.15, 0.2) is 54.6 Å². The summed E-state index contributed by atoms with van der Waals surface area (Å²) in [5.74, 6) is -0.760. The van der Waals surface area contributed by atoms with Crippen LogP contribution in [0.1, 0.15) is 61.6 Å². The first-order valence-electron chi connectivity index (χ1n) is 15.6. The van der Waals surface area contributed by atoms with Gasteiger partial charge in [-0.05, 0) is 89.9 Å². The van der Waals surface area contributed by atoms with E-state index < -0.39 is 23.5 Å². The molecule has 3 aromatic rings. The molecule has 2 aliphatic heterocycles. The van der Waals surface area contributed by atoms with Crippen LogP contribution >= 0.6 is 0 Å². The van der Waals surface area contributed by atoms with Crippen molar-refractivity contribution in [2.24, 2.45) is 5.92 Å². The molecule has 2 aromatic carbocycles. The Hall–Kier alpha value is -4.22. The molecule has 240 valence electrons. The number of fused-ring (bicyclic) bond motifs is 1. The quantitative estimate of drug-likeness (QED) is 0.262. The van der Waals surface area contributed by atoms with Crippen molar-refractivity contribution in [2.45, 2.75) is 71.2 Å². The van der Waals surface area contributed by atoms with Gasteiger partial charge in [0.2, 0.25) is 5.91 Å². The van der Waals surface area contributed by atoms with E-state index in [4.69, 9.17) is 9.47 Å². The van der Waals surface area contributed by atoms with Crippen molar-refractivity contribution in [3.05, 3.63) is 71.4 Å². The van der Waals surface area contributed by atoms with Crippen LogP contribution in [0.3, 0.4) is 0 Å². The van der Waals surface area contributed by atoms with Gasteiger partial charge >= 0.3 is 6.09 Å². The average molecular weight is 618 g/mol. The molecule has 1 aromatic heterocycles. The maximum absolute atomic E-state index is 13.3. The number of likely N-dealkylation sites (tertiary alicyclic amines) is 2. The van der Waals surface area contributed by atoms with E-state index in [9.17, 15) is 19.6 Å². The van der Waals surface area contributed by atoms with Crippen LogP contribution in [0.25, 0.3) is 10.9 Å². The number of para-hydroxylation sites is 1. The van der Waals surface area contributed by atoms with Crippen molar-refractivity contribution in [3.8, 4) is 5.75 Å². The minimum Gasteiger partial charge on any atom is -0.489 e. The number of nitrogens with one attached hydrogen (secondary N) is 2. The molecule has 2 aliphatic rings. The SMILES string of the molecule is Cc1cc(COc2ccc(C(=O)N[C@@H]3CN(C4CCN(C(=O)OC(C)(C)C)CC4)CC[C@@H]3C(=O)NO)cc2)c2ccccc2n1. The van der Waals surface area contributed by atoms with E-state index in [1.807, 2.05) is 58.0 Å². The van der Waals surface area contributed by atoms with Gasteiger partial charge in [0.1, 0.15) is 18.0 Å². The van der Waals surface area contributed by atoms with Crippen molar-refractivity contribution in [1.29, 1.82) is 0 Å². The van der Waals surface area contributed by atoms with E-state index in [0.29, 0.717) is 50.5 Å². The topological polar surface area (TPSA) is 133 Å². The molecule has 3 heterocycles. The molecule has 0 spiro atoms. The van der Waals surface area contributed by atoms with E-state index in [1.165, 1.54) is 0 Å². The van der Waals surface area contributed by atoms with Crippen LogP contribution in [-0.4, -0.2) is 81.8 Å². The van der Waals surface area contributed by atoms with Crippen molar-refractivity contribution < 1.29 is 29.1 Å². The number of nitrogens with zero attached hydrogens (tertiary/aromatic N) is 3. The van der Waals surface area contributed by atoms with E-state index >= 15 is 0 Å². The molecule has 2 atom stereocenters. The Morgan fingerprint density at radius 1 is 1.00 bits per heavy atom. The van der Waals surface area contributed by atoms with Crippen LogP contribution in [0.2, 0.25) is 0 Å². The predicted octanol–water partition coefficient (Wildman–Crippen LogP) is 4.45. The van der Waals surface area contributed by atoms with Gasteiger partial charge in [0.15, 0.2) is 0 Å². The van der Waals surface area contributed by atoms with Crippen LogP contribution in [-0.2, 0) is 16.1 Å². The van der Waals surface area contributed by atoms with Crippen LogP contribution in [0, 0.1) is 12.8 Å². The summed E-state index contributed by atoms with van der Waals surface area (Å²) >= 11 is 0. The smallest absolute Gasteiger partial charge is 0.410 e. The summed E-state index contributed by atoms with van der Waals surface area (Å²) in [5, 5.41) is 13.5. The molecule has 5 rings (SSSR count). The number of carbonyl (C=O) groups is 3. The molecule has 0 radical (unpaired) electrons. The molecule has 11 nitrogen and oxygen atoms in total. The lowest BCUT2D eigenvalue weighted by atomic mass is 9.88. The number of aryl methyl sites for hydroxylation is 1. The molecule has 11 heteroatoms. The standard InChI is InChI=1S/C34H43N5O6/c1-22-19-24(27-7-5-6-8-29(27)35-22)21-44-26-11-9-23(10-12-26)31(40)36-30-20-39(18-15-28(30)32(41)37-43)25-13-16-38(17-14-25)33(42)45-34(2,3)4/h5-12,19,25,28,30,43H,13-18,20-21H2,1-4H3,(H,36,40)(H,37,41)/t28-,30+/m0/s1. The minimum atomic E-state index is -0.571. The molecule has 0 aliphatic carbocycles. The normalized spacial score (nSPS) is 19.6. The first-order valence-corrected chi connectivity index (χ1v) is 15.6. The summed E-state index contributed by atoms with van der Waals surface area (Å²) in [6.07, 6.45) is 1.72. The zero-order chi connectivity index (χ0) is 32.1. The van der Waals surface area contributed by atoms with Crippen molar-refractivity contribution >= 4 is 28.8 Å². The van der Waals surface area contributed by atoms with Gasteiger partial charge in [0.05, 0.1) is 17.5 Å². The molecule has 0 bridgehead atoms. The zero-order valence-electron chi connectivity index (χ0n) is 26.4. The highest BCUT2D eigenvalue weighted by molar-refractivity contribution is 5.95. The number of hydrogen-bond acceptors (Lipinski definition) is 8. The summed E-state index contributed by atoms with van der Waals surface area (Å²) in [7, 11) is 0. The van der Waals surface area contributed by atoms with Gasteiger partial charge in [-0.25, -0.2) is 10.3 Å². The second-order valence-electron chi connectivity index (χ2n) is 12.9. The Balaban J connectivity index is 1.19. The number of hydrogen-bond donors (Lipinski definition) is 3. The van der Waals surface area contributed by atoms with Crippen molar-refractivity contribution in [1.82, 2.24) is 25.6 Å². The highest BCUT2D eigenvalue weighted by atomic mass is 16.6. The monoisotopic (exact) mass is 617 g/mol. The Morgan fingerprint density at radius 2 is 1.71 bits per heavy atom. The maximum atomic E-state index is 13.3. The van der Waals surface area contributed by atoms with Crippen LogP contribution in [0.4, 0.5) is 4.79 Å². The van der Waals surface area contributed by atoms with Crippen molar-refractivity contribution in [2.75, 3.05) is 26.2 Å². The number of ether oxygens (including phenoxy) is 2. The fourth-order valence-corrected chi connectivity index (χ4v) is 6.22. The Morgan fingerprint density at radius 3 is 2.40 bits per heavy atom. The number of aromatic nitrogens is 1. The van der Waals surface area contributed by atoms with Gasteiger partial charge in [-0.1, -0.05) is 18.2 Å². The van der Waals surface area contributed by atoms with Gasteiger partial charge in [0.25, 0.3) is 5.91 Å². The lowest BCUT2D eigenvalue weighted by molar-refractivity contribution is -0.136. The van der Waals surface area contributed by atoms with Crippen LogP contribution in [0.5, 0.6) is 5.75 Å². The Kier molecular flexibility index (Phi) is 9.89. The molecule has 0 unspecified atom stereocenters. The molecule has 45 heavy (non-hydrogen) atoms. The fraction of sp³-hybridized carbons (Fsp3) is 0.471. The number of piperidine rings is 2. The van der Waals surface area contributed by atoms with Gasteiger partial charge in [0, 0.05) is 47.9 Å². The molecule has 3 amide bonds. The first kappa shape index (κ1) is 32.2. The zero-order valence-corrected chi connectivity index (χ0v) is 26.4. The number of hydroxylamine groups is 1. The number of benzene rings is 2. The minimum absolute atomic E-state index is 0.207. The van der Waals surface area contributed by atoms with Crippen molar-refractivity contribution in [3.63, 3.8) is 0 Å². The summed E-state index contributed by atoms with van der Waals surface area (Å²) in [6.45, 7) is 10.2. The van der Waals surface area contributed by atoms with Gasteiger partial charge in [-0.15, -0.1) is 0 Å². The number of pyridine rings is 1. The molecule has 2 fully saturated rings. The predicted molar refractivity (Wildman–Crippen MR) is 169 cm³/mol. The Labute approximate surface area is 263 Å². The largest absolute Gasteiger partial charge is 0.489 e. The molecule has 2 saturated heterocycles. The summed E-state index contributed by atoms with van der Waals surface area (Å²) in [5.41, 5.74) is 4.54. The molecular formula is C34H43N5O6. The highest BCUT2D eigenvalue weighted by Crippen LogP contribution is 2.26. The van der Waals surface area contributed by atoms with E-state index in [-0.39, 0.29) is 18.0 Å². The lowest BCUT2D eigenvalue weighted by Gasteiger charge is -2.44. The number of carbonyl (C=O) groups excluding carboxylic acids is 3. The van der Waals surface area contributed by atoms with Gasteiger partial charge < -0.3 is 19.7 Å². The first-order chi connectivity index (χ1) is 21.5. The fourth-order valence-electron chi connectivity index (χ4n) is 6.22. The third-order valence-corrected chi connectivity index (χ3v) is 8.48. The second-order valence-corrected chi connectivity index (χ2v) is 12.9. The Bertz CT molecular complexity index is 1510. The highest BCUT2D eigenvalue weighted by Gasteiger charge is 2.39. The van der Waals surface area contributed by atoms with E-state index in [2.05, 4.69) is 15.2 Å². The molecule has 0 saturated carbocycles. The summed E-state index contributed by atoms with van der Waals surface area (Å²) in [4.78, 5) is 47.0. The average Bonchev–Trinajstić information content (AvgIpc) is 3.02. The lowest BCUT2D eigenvalue weighted by Crippen LogP contribution is -2.59. The molecule has 3 N–H and O–H groups in total. The second kappa shape index (κ2) is 13.8. The van der Waals surface area contributed by atoms with E-state index in [1.54, 1.807) is 34.6 Å². The molecular weight excluding hydrogens is 574 g/mol.